The number of hydrogen-bond donors (Lipinski definition) is 2. The second-order valence-electron chi connectivity index (χ2n) is 7.39. The van der Waals surface area contributed by atoms with Gasteiger partial charge in [0, 0.05) is 25.6 Å². The first-order chi connectivity index (χ1) is 12.2. The molecule has 1 fully saturated rings. The highest BCUT2D eigenvalue weighted by molar-refractivity contribution is 5.26. The molecule has 3 rings (SSSR count). The molecule has 134 valence electrons. The lowest BCUT2D eigenvalue weighted by molar-refractivity contribution is -0.928. The average Bonchev–Trinajstić information content (AvgIpc) is 3.37. The van der Waals surface area contributed by atoms with Crippen molar-refractivity contribution in [2.24, 2.45) is 0 Å². The van der Waals surface area contributed by atoms with Crippen molar-refractivity contribution in [1.29, 1.82) is 0 Å². The van der Waals surface area contributed by atoms with Gasteiger partial charge in [0.1, 0.15) is 19.2 Å². The van der Waals surface area contributed by atoms with Crippen LogP contribution in [0.25, 0.3) is 0 Å². The fourth-order valence-corrected chi connectivity index (χ4v) is 3.56. The van der Waals surface area contributed by atoms with E-state index in [2.05, 4.69) is 60.7 Å². The Balaban J connectivity index is 1.66. The zero-order chi connectivity index (χ0) is 17.6. The van der Waals surface area contributed by atoms with E-state index in [1.165, 1.54) is 34.6 Å². The van der Waals surface area contributed by atoms with Crippen LogP contribution >= 0.6 is 0 Å². The van der Waals surface area contributed by atoms with Crippen LogP contribution in [0.4, 0.5) is 0 Å². The van der Waals surface area contributed by atoms with Crippen molar-refractivity contribution in [3.63, 3.8) is 0 Å². The molecule has 2 aromatic rings. The molecule has 3 nitrogen and oxygen atoms in total. The summed E-state index contributed by atoms with van der Waals surface area (Å²) in [5.74, 6) is 0. The Morgan fingerprint density at radius 1 is 1.28 bits per heavy atom. The lowest BCUT2D eigenvalue weighted by Gasteiger charge is -2.23. The third-order valence-electron chi connectivity index (χ3n) is 5.29. The number of hydrogen-bond acceptors (Lipinski definition) is 1. The number of aliphatic hydroxyl groups is 1. The minimum atomic E-state index is -0.228. The zero-order valence-corrected chi connectivity index (χ0v) is 15.3. The number of benzene rings is 1. The topological polar surface area (TPSA) is 29.6 Å². The first kappa shape index (κ1) is 18.0. The zero-order valence-electron chi connectivity index (χ0n) is 15.3. The second-order valence-corrected chi connectivity index (χ2v) is 7.39. The molecule has 3 heteroatoms. The SMILES string of the molecule is C=CCC[C@H](O)C[NH+](Cc1cccn1Cc1ccccc1C)C1CC1. The van der Waals surface area contributed by atoms with Gasteiger partial charge >= 0.3 is 0 Å². The Labute approximate surface area is 151 Å². The van der Waals surface area contributed by atoms with Crippen molar-refractivity contribution in [3.05, 3.63) is 72.1 Å². The van der Waals surface area contributed by atoms with Gasteiger partial charge < -0.3 is 14.6 Å². The summed E-state index contributed by atoms with van der Waals surface area (Å²) in [7, 11) is 0. The number of nitrogens with zero attached hydrogens (tertiary/aromatic N) is 1. The number of nitrogens with one attached hydrogen (secondary N) is 1. The van der Waals surface area contributed by atoms with Gasteiger partial charge in [0.05, 0.1) is 11.7 Å². The van der Waals surface area contributed by atoms with Crippen LogP contribution in [0.2, 0.25) is 0 Å². The highest BCUT2D eigenvalue weighted by atomic mass is 16.3. The summed E-state index contributed by atoms with van der Waals surface area (Å²) < 4.78 is 2.36. The van der Waals surface area contributed by atoms with Gasteiger partial charge in [0.2, 0.25) is 0 Å². The normalized spacial score (nSPS) is 16.6. The van der Waals surface area contributed by atoms with Crippen molar-refractivity contribution < 1.29 is 10.0 Å². The molecule has 0 spiro atoms. The van der Waals surface area contributed by atoms with Crippen LogP contribution in [0.1, 0.15) is 42.5 Å². The standard InChI is InChI=1S/C22H30N2O/c1-3-4-11-22(25)17-24(20-12-13-20)16-21-10-7-14-23(21)15-19-9-6-5-8-18(19)2/h3,5-10,14,20,22,25H,1,4,11-13,15-17H2,2H3/p+1/t22-/m0/s1. The monoisotopic (exact) mass is 339 g/mol. The summed E-state index contributed by atoms with van der Waals surface area (Å²) in [5, 5.41) is 10.3. The van der Waals surface area contributed by atoms with E-state index in [0.717, 1.165) is 38.5 Å². The van der Waals surface area contributed by atoms with Crippen LogP contribution in [-0.2, 0) is 13.1 Å². The van der Waals surface area contributed by atoms with Gasteiger partial charge in [-0.05, 0) is 43.0 Å². The number of rotatable bonds is 10. The van der Waals surface area contributed by atoms with Gasteiger partial charge in [-0.25, -0.2) is 0 Å². The summed E-state index contributed by atoms with van der Waals surface area (Å²) in [5.41, 5.74) is 4.08. The van der Waals surface area contributed by atoms with Gasteiger partial charge in [-0.1, -0.05) is 30.3 Å². The highest BCUT2D eigenvalue weighted by Gasteiger charge is 2.34. The third kappa shape index (κ3) is 5.07. The van der Waals surface area contributed by atoms with Gasteiger partial charge in [0.15, 0.2) is 0 Å². The summed E-state index contributed by atoms with van der Waals surface area (Å²) in [6.07, 6.45) is 8.15. The molecule has 1 aliphatic rings. The smallest absolute Gasteiger partial charge is 0.118 e. The van der Waals surface area contributed by atoms with Crippen LogP contribution in [-0.4, -0.2) is 28.4 Å². The highest BCUT2D eigenvalue weighted by Crippen LogP contribution is 2.17. The maximum atomic E-state index is 10.3. The Bertz CT molecular complexity index is 687. The van der Waals surface area contributed by atoms with E-state index in [9.17, 15) is 5.11 Å². The predicted molar refractivity (Wildman–Crippen MR) is 103 cm³/mol. The fourth-order valence-electron chi connectivity index (χ4n) is 3.56. The molecule has 1 aliphatic carbocycles. The molecule has 0 saturated heterocycles. The van der Waals surface area contributed by atoms with Crippen LogP contribution in [0.15, 0.2) is 55.3 Å². The van der Waals surface area contributed by atoms with Crippen molar-refractivity contribution >= 4 is 0 Å². The van der Waals surface area contributed by atoms with Crippen molar-refractivity contribution in [1.82, 2.24) is 4.57 Å². The van der Waals surface area contributed by atoms with Crippen molar-refractivity contribution in [2.75, 3.05) is 6.54 Å². The minimum Gasteiger partial charge on any atom is -0.387 e. The molecular formula is C22H31N2O+. The largest absolute Gasteiger partial charge is 0.387 e. The molecule has 2 atom stereocenters. The van der Waals surface area contributed by atoms with E-state index >= 15 is 0 Å². The Kier molecular flexibility index (Phi) is 6.11. The Morgan fingerprint density at radius 2 is 2.08 bits per heavy atom. The van der Waals surface area contributed by atoms with Gasteiger partial charge in [-0.2, -0.15) is 0 Å². The van der Waals surface area contributed by atoms with Crippen molar-refractivity contribution in [3.8, 4) is 0 Å². The van der Waals surface area contributed by atoms with E-state index in [4.69, 9.17) is 0 Å². The third-order valence-corrected chi connectivity index (χ3v) is 5.29. The minimum absolute atomic E-state index is 0.228. The lowest BCUT2D eigenvalue weighted by atomic mass is 10.1. The number of aliphatic hydroxyl groups excluding tert-OH is 1. The van der Waals surface area contributed by atoms with Gasteiger partial charge in [0.25, 0.3) is 0 Å². The first-order valence-electron chi connectivity index (χ1n) is 9.49. The Hall–Kier alpha value is -1.84. The fraction of sp³-hybridized carbons (Fsp3) is 0.455. The van der Waals surface area contributed by atoms with Crippen LogP contribution in [0.3, 0.4) is 0 Å². The molecular weight excluding hydrogens is 308 g/mol. The molecule has 0 radical (unpaired) electrons. The molecule has 0 amide bonds. The molecule has 0 aliphatic heterocycles. The molecule has 1 aromatic carbocycles. The molecule has 0 bridgehead atoms. The number of quaternary nitrogens is 1. The maximum Gasteiger partial charge on any atom is 0.118 e. The van der Waals surface area contributed by atoms with E-state index < -0.39 is 0 Å². The van der Waals surface area contributed by atoms with Gasteiger partial charge in [-0.15, -0.1) is 6.58 Å². The van der Waals surface area contributed by atoms with Crippen LogP contribution in [0.5, 0.6) is 0 Å². The van der Waals surface area contributed by atoms with E-state index in [1.807, 2.05) is 6.08 Å². The van der Waals surface area contributed by atoms with Crippen LogP contribution < -0.4 is 4.90 Å². The molecule has 1 heterocycles. The molecule has 25 heavy (non-hydrogen) atoms. The maximum absolute atomic E-state index is 10.3. The molecule has 2 N–H and O–H groups in total. The summed E-state index contributed by atoms with van der Waals surface area (Å²) in [4.78, 5) is 1.53. The van der Waals surface area contributed by atoms with E-state index in [0.29, 0.717) is 0 Å². The van der Waals surface area contributed by atoms with Crippen LogP contribution in [0, 0.1) is 6.92 Å². The summed E-state index contributed by atoms with van der Waals surface area (Å²) in [6.45, 7) is 8.69. The Morgan fingerprint density at radius 3 is 2.80 bits per heavy atom. The molecule has 1 aromatic heterocycles. The number of aryl methyl sites for hydroxylation is 1. The second kappa shape index (κ2) is 8.50. The molecule has 1 saturated carbocycles. The summed E-state index contributed by atoms with van der Waals surface area (Å²) in [6, 6.07) is 13.7. The average molecular weight is 340 g/mol. The quantitative estimate of drug-likeness (QED) is 0.641. The lowest BCUT2D eigenvalue weighted by Crippen LogP contribution is -3.13. The van der Waals surface area contributed by atoms with E-state index in [-0.39, 0.29) is 6.10 Å². The molecule has 1 unspecified atom stereocenters. The van der Waals surface area contributed by atoms with Crippen molar-refractivity contribution in [2.45, 2.75) is 57.8 Å². The first-order valence-corrected chi connectivity index (χ1v) is 9.49. The van der Waals surface area contributed by atoms with Gasteiger partial charge in [-0.3, -0.25) is 0 Å². The number of aromatic nitrogens is 1. The predicted octanol–water partition coefficient (Wildman–Crippen LogP) is 2.72. The summed E-state index contributed by atoms with van der Waals surface area (Å²) >= 11 is 0. The number of allylic oxidation sites excluding steroid dienone is 1. The van der Waals surface area contributed by atoms with E-state index in [1.54, 1.807) is 0 Å².